The predicted molar refractivity (Wildman–Crippen MR) is 119 cm³/mol. The number of anilines is 1. The minimum Gasteiger partial charge on any atom is -0.397 e. The van der Waals surface area contributed by atoms with E-state index in [-0.39, 0.29) is 10.8 Å². The number of aryl methyl sites for hydroxylation is 1. The first kappa shape index (κ1) is 20.8. The smallest absolute Gasteiger partial charge is 0.263 e. The molecule has 0 aliphatic heterocycles. The molecule has 7 nitrogen and oxygen atoms in total. The number of nitrogens with two attached hydrogens (primary N) is 2. The number of nitrogens with zero attached hydrogens (tertiary/aromatic N) is 1. The maximum Gasteiger partial charge on any atom is 0.263 e. The molecule has 0 saturated carbocycles. The highest BCUT2D eigenvalue weighted by atomic mass is 32.2. The normalized spacial score (nSPS) is 16.4. The van der Waals surface area contributed by atoms with Crippen molar-refractivity contribution in [1.29, 1.82) is 0 Å². The molecule has 0 saturated heterocycles. The SMILES string of the molecule is CC1CCc2nc3sc(C(=O)NCCc4ccc(S(N)(=O)=O)cc4)c(N)c3cc2C1. The van der Waals surface area contributed by atoms with Gasteiger partial charge in [-0.15, -0.1) is 11.3 Å². The van der Waals surface area contributed by atoms with Crippen molar-refractivity contribution in [2.45, 2.75) is 37.5 Å². The predicted octanol–water partition coefficient (Wildman–Crippen LogP) is 2.62. The van der Waals surface area contributed by atoms with Crippen LogP contribution < -0.4 is 16.2 Å². The molecular weight excluding hydrogens is 420 g/mol. The fraction of sp³-hybridized carbons (Fsp3) is 0.333. The molecular formula is C21H24N4O3S2. The molecule has 1 aliphatic rings. The van der Waals surface area contributed by atoms with E-state index in [2.05, 4.69) is 18.3 Å². The van der Waals surface area contributed by atoms with Crippen molar-refractivity contribution >= 4 is 43.2 Å². The van der Waals surface area contributed by atoms with Crippen LogP contribution in [0.2, 0.25) is 0 Å². The lowest BCUT2D eigenvalue weighted by molar-refractivity contribution is 0.0959. The number of hydrogen-bond acceptors (Lipinski definition) is 6. The van der Waals surface area contributed by atoms with E-state index in [1.54, 1.807) is 12.1 Å². The van der Waals surface area contributed by atoms with Gasteiger partial charge in [-0.3, -0.25) is 4.79 Å². The Balaban J connectivity index is 1.45. The van der Waals surface area contributed by atoms with Crippen molar-refractivity contribution in [3.8, 4) is 0 Å². The Morgan fingerprint density at radius 3 is 2.73 bits per heavy atom. The second-order valence-electron chi connectivity index (χ2n) is 7.83. The number of hydrogen-bond donors (Lipinski definition) is 3. The van der Waals surface area contributed by atoms with E-state index in [1.807, 2.05) is 0 Å². The van der Waals surface area contributed by atoms with Crippen LogP contribution in [0, 0.1) is 5.92 Å². The molecule has 30 heavy (non-hydrogen) atoms. The average Bonchev–Trinajstić information content (AvgIpc) is 3.02. The Kier molecular flexibility index (Phi) is 5.52. The van der Waals surface area contributed by atoms with Crippen molar-refractivity contribution in [3.05, 3.63) is 52.0 Å². The van der Waals surface area contributed by atoms with Crippen molar-refractivity contribution in [2.24, 2.45) is 11.1 Å². The van der Waals surface area contributed by atoms with Gasteiger partial charge in [-0.05, 0) is 60.9 Å². The summed E-state index contributed by atoms with van der Waals surface area (Å²) >= 11 is 1.33. The maximum atomic E-state index is 12.7. The molecule has 1 atom stereocenters. The summed E-state index contributed by atoms with van der Waals surface area (Å²) in [7, 11) is -3.70. The summed E-state index contributed by atoms with van der Waals surface area (Å²) in [5, 5.41) is 8.85. The summed E-state index contributed by atoms with van der Waals surface area (Å²) in [4.78, 5) is 18.8. The van der Waals surface area contributed by atoms with Crippen molar-refractivity contribution in [1.82, 2.24) is 10.3 Å². The molecule has 3 aromatic rings. The third kappa shape index (κ3) is 4.19. The van der Waals surface area contributed by atoms with Crippen LogP contribution in [0.25, 0.3) is 10.2 Å². The molecule has 0 spiro atoms. The number of nitrogens with one attached hydrogen (secondary N) is 1. The Hall–Kier alpha value is -2.49. The van der Waals surface area contributed by atoms with E-state index >= 15 is 0 Å². The first-order chi connectivity index (χ1) is 14.2. The molecule has 1 aromatic carbocycles. The first-order valence-corrected chi connectivity index (χ1v) is 12.2. The van der Waals surface area contributed by atoms with Gasteiger partial charge >= 0.3 is 0 Å². The van der Waals surface area contributed by atoms with Gasteiger partial charge in [-0.25, -0.2) is 18.5 Å². The number of primary sulfonamides is 1. The van der Waals surface area contributed by atoms with Crippen LogP contribution in [0.5, 0.6) is 0 Å². The number of sulfonamides is 1. The highest BCUT2D eigenvalue weighted by molar-refractivity contribution is 7.89. The monoisotopic (exact) mass is 444 g/mol. The maximum absolute atomic E-state index is 12.7. The van der Waals surface area contributed by atoms with Crippen molar-refractivity contribution in [2.75, 3.05) is 12.3 Å². The van der Waals surface area contributed by atoms with Crippen molar-refractivity contribution < 1.29 is 13.2 Å². The fourth-order valence-corrected chi connectivity index (χ4v) is 5.32. The largest absolute Gasteiger partial charge is 0.397 e. The summed E-state index contributed by atoms with van der Waals surface area (Å²) in [5.74, 6) is 0.418. The first-order valence-electron chi connectivity index (χ1n) is 9.83. The van der Waals surface area contributed by atoms with Crippen LogP contribution in [0.1, 0.15) is 39.8 Å². The molecule has 5 N–H and O–H groups in total. The number of pyridine rings is 1. The van der Waals surface area contributed by atoms with Gasteiger partial charge in [0.2, 0.25) is 10.0 Å². The second kappa shape index (κ2) is 7.98. The molecule has 0 fully saturated rings. The summed E-state index contributed by atoms with van der Waals surface area (Å²) in [5.41, 5.74) is 10.0. The third-order valence-electron chi connectivity index (χ3n) is 5.49. The lowest BCUT2D eigenvalue weighted by atomic mass is 9.87. The molecule has 2 heterocycles. The topological polar surface area (TPSA) is 128 Å². The Labute approximate surface area is 179 Å². The molecule has 1 unspecified atom stereocenters. The molecule has 1 aliphatic carbocycles. The summed E-state index contributed by atoms with van der Waals surface area (Å²) < 4.78 is 22.6. The highest BCUT2D eigenvalue weighted by Crippen LogP contribution is 2.36. The highest BCUT2D eigenvalue weighted by Gasteiger charge is 2.22. The Morgan fingerprint density at radius 2 is 2.03 bits per heavy atom. The van der Waals surface area contributed by atoms with Crippen LogP contribution in [-0.2, 0) is 29.3 Å². The van der Waals surface area contributed by atoms with E-state index in [0.717, 1.165) is 40.7 Å². The zero-order chi connectivity index (χ0) is 21.5. The number of aromatic nitrogens is 1. The standard InChI is InChI=1S/C21H24N4O3S2/c1-12-2-7-17-14(10-12)11-16-18(22)19(29-21(16)25-17)20(26)24-9-8-13-3-5-15(6-4-13)30(23,27)28/h3-6,11-12H,2,7-10,22H2,1H3,(H,24,26)(H2,23,27,28). The van der Waals surface area contributed by atoms with Gasteiger partial charge in [0.15, 0.2) is 0 Å². The average molecular weight is 445 g/mol. The van der Waals surface area contributed by atoms with Crippen LogP contribution >= 0.6 is 11.3 Å². The van der Waals surface area contributed by atoms with Gasteiger partial charge in [0.1, 0.15) is 9.71 Å². The van der Waals surface area contributed by atoms with E-state index in [9.17, 15) is 13.2 Å². The number of carbonyl (C=O) groups excluding carboxylic acids is 1. The van der Waals surface area contributed by atoms with E-state index in [4.69, 9.17) is 15.9 Å². The van der Waals surface area contributed by atoms with Gasteiger partial charge in [-0.2, -0.15) is 0 Å². The summed E-state index contributed by atoms with van der Waals surface area (Å²) in [6, 6.07) is 8.41. The minimum atomic E-state index is -3.70. The fourth-order valence-electron chi connectivity index (χ4n) is 3.79. The number of amides is 1. The molecule has 0 bridgehead atoms. The second-order valence-corrected chi connectivity index (χ2v) is 10.4. The van der Waals surface area contributed by atoms with E-state index < -0.39 is 10.0 Å². The summed E-state index contributed by atoms with van der Waals surface area (Å²) in [6.07, 6.45) is 3.67. The lowest BCUT2D eigenvalue weighted by Crippen LogP contribution is -2.25. The van der Waals surface area contributed by atoms with Gasteiger partial charge in [0.05, 0.1) is 10.6 Å². The molecule has 0 radical (unpaired) electrons. The van der Waals surface area contributed by atoms with Crippen LogP contribution in [0.3, 0.4) is 0 Å². The van der Waals surface area contributed by atoms with E-state index in [1.165, 1.54) is 29.0 Å². The Bertz CT molecular complexity index is 1220. The lowest BCUT2D eigenvalue weighted by Gasteiger charge is -2.20. The third-order valence-corrected chi connectivity index (χ3v) is 7.53. The zero-order valence-corrected chi connectivity index (χ0v) is 18.3. The van der Waals surface area contributed by atoms with Crippen LogP contribution in [0.4, 0.5) is 5.69 Å². The Morgan fingerprint density at radius 1 is 1.30 bits per heavy atom. The zero-order valence-electron chi connectivity index (χ0n) is 16.6. The quantitative estimate of drug-likeness (QED) is 0.557. The van der Waals surface area contributed by atoms with Gasteiger partial charge in [-0.1, -0.05) is 19.1 Å². The number of nitrogen functional groups attached to an aromatic ring is 1. The molecule has 2 aromatic heterocycles. The number of thiophene rings is 1. The number of carbonyl (C=O) groups is 1. The summed E-state index contributed by atoms with van der Waals surface area (Å²) in [6.45, 7) is 2.65. The van der Waals surface area contributed by atoms with Crippen molar-refractivity contribution in [3.63, 3.8) is 0 Å². The van der Waals surface area contributed by atoms with E-state index in [0.29, 0.717) is 29.4 Å². The van der Waals surface area contributed by atoms with Gasteiger partial charge in [0.25, 0.3) is 5.91 Å². The number of fused-ring (bicyclic) bond motifs is 2. The van der Waals surface area contributed by atoms with Gasteiger partial charge in [0, 0.05) is 17.6 Å². The molecule has 4 rings (SSSR count). The minimum absolute atomic E-state index is 0.0675. The van der Waals surface area contributed by atoms with Gasteiger partial charge < -0.3 is 11.1 Å². The number of benzene rings is 1. The molecule has 9 heteroatoms. The molecule has 1 amide bonds. The van der Waals surface area contributed by atoms with Crippen LogP contribution in [-0.4, -0.2) is 25.9 Å². The molecule has 158 valence electrons. The van der Waals surface area contributed by atoms with Crippen LogP contribution in [0.15, 0.2) is 35.2 Å². The number of rotatable bonds is 5.